The van der Waals surface area contributed by atoms with Crippen LogP contribution in [0, 0.1) is 0 Å². The number of rotatable bonds is 5. The van der Waals surface area contributed by atoms with E-state index in [9.17, 15) is 0 Å². The van der Waals surface area contributed by atoms with Crippen molar-refractivity contribution in [2.75, 3.05) is 0 Å². The number of hydrogen-bond donors (Lipinski definition) is 1. The molecule has 0 saturated carbocycles. The van der Waals surface area contributed by atoms with E-state index in [4.69, 9.17) is 14.9 Å². The molecule has 0 atom stereocenters. The lowest BCUT2D eigenvalue weighted by molar-refractivity contribution is 0.259. The van der Waals surface area contributed by atoms with E-state index < -0.39 is 0 Å². The molecule has 18 heavy (non-hydrogen) atoms. The molecule has 96 valence electrons. The molecule has 2 N–H and O–H groups in total. The van der Waals surface area contributed by atoms with Crippen LogP contribution in [0.1, 0.15) is 36.8 Å². The first-order valence-corrected chi connectivity index (χ1v) is 6.05. The molecule has 0 aromatic carbocycles. The number of furan rings is 1. The summed E-state index contributed by atoms with van der Waals surface area (Å²) in [5.41, 5.74) is 7.70. The Morgan fingerprint density at radius 1 is 1.39 bits per heavy atom. The van der Waals surface area contributed by atoms with Crippen molar-refractivity contribution in [2.24, 2.45) is 5.73 Å². The van der Waals surface area contributed by atoms with E-state index in [0.29, 0.717) is 24.9 Å². The smallest absolute Gasteiger partial charge is 0.214 e. The van der Waals surface area contributed by atoms with Crippen molar-refractivity contribution in [1.29, 1.82) is 0 Å². The van der Waals surface area contributed by atoms with E-state index in [0.717, 1.165) is 17.0 Å². The molecule has 0 amide bonds. The highest BCUT2D eigenvalue weighted by Gasteiger charge is 2.07. The van der Waals surface area contributed by atoms with Crippen molar-refractivity contribution in [3.63, 3.8) is 0 Å². The minimum absolute atomic E-state index is 0.350. The van der Waals surface area contributed by atoms with Gasteiger partial charge in [0.05, 0.1) is 6.26 Å². The number of aromatic nitrogens is 1. The van der Waals surface area contributed by atoms with E-state index in [1.165, 1.54) is 0 Å². The van der Waals surface area contributed by atoms with Gasteiger partial charge in [0.2, 0.25) is 5.88 Å². The monoisotopic (exact) mass is 246 g/mol. The molecule has 0 radical (unpaired) electrons. The van der Waals surface area contributed by atoms with Gasteiger partial charge in [-0.25, -0.2) is 4.98 Å². The highest BCUT2D eigenvalue weighted by atomic mass is 16.5. The maximum atomic E-state index is 5.68. The second-order valence-corrected chi connectivity index (χ2v) is 4.47. The van der Waals surface area contributed by atoms with Gasteiger partial charge >= 0.3 is 0 Å². The highest BCUT2D eigenvalue weighted by molar-refractivity contribution is 5.26. The Labute approximate surface area is 107 Å². The number of nitrogens with zero attached hydrogens (tertiary/aromatic N) is 1. The van der Waals surface area contributed by atoms with Crippen molar-refractivity contribution >= 4 is 0 Å². The fourth-order valence-corrected chi connectivity index (χ4v) is 1.61. The van der Waals surface area contributed by atoms with Crippen LogP contribution in [-0.2, 0) is 13.2 Å². The summed E-state index contributed by atoms with van der Waals surface area (Å²) in [5.74, 6) is 1.72. The maximum absolute atomic E-state index is 5.68. The standard InChI is InChI=1S/C14H18N2O2/c1-10(2)13-6-11(8-15)7-14(16-13)18-9-12-4-3-5-17-12/h3-7,10H,8-9,15H2,1-2H3. The quantitative estimate of drug-likeness (QED) is 0.881. The minimum Gasteiger partial charge on any atom is -0.469 e. The molecule has 2 heterocycles. The molecule has 0 aliphatic carbocycles. The molecule has 4 heteroatoms. The van der Waals surface area contributed by atoms with Crippen LogP contribution in [0.5, 0.6) is 5.88 Å². The predicted molar refractivity (Wildman–Crippen MR) is 69.3 cm³/mol. The minimum atomic E-state index is 0.350. The molecule has 0 aliphatic heterocycles. The zero-order valence-corrected chi connectivity index (χ0v) is 10.7. The molecule has 0 bridgehead atoms. The molecule has 4 nitrogen and oxygen atoms in total. The van der Waals surface area contributed by atoms with Crippen LogP contribution in [-0.4, -0.2) is 4.98 Å². The fraction of sp³-hybridized carbons (Fsp3) is 0.357. The number of pyridine rings is 1. The van der Waals surface area contributed by atoms with Gasteiger partial charge in [0.1, 0.15) is 12.4 Å². The van der Waals surface area contributed by atoms with Crippen LogP contribution in [0.3, 0.4) is 0 Å². The van der Waals surface area contributed by atoms with Gasteiger partial charge in [-0.1, -0.05) is 13.8 Å². The van der Waals surface area contributed by atoms with Gasteiger partial charge in [0.15, 0.2) is 0 Å². The lowest BCUT2D eigenvalue weighted by atomic mass is 10.1. The van der Waals surface area contributed by atoms with Crippen molar-refractivity contribution in [1.82, 2.24) is 4.98 Å². The van der Waals surface area contributed by atoms with Gasteiger partial charge in [0.25, 0.3) is 0 Å². The van der Waals surface area contributed by atoms with Crippen molar-refractivity contribution in [2.45, 2.75) is 32.9 Å². The van der Waals surface area contributed by atoms with Gasteiger partial charge in [-0.3, -0.25) is 0 Å². The molecule has 0 saturated heterocycles. The van der Waals surface area contributed by atoms with E-state index in [-0.39, 0.29) is 0 Å². The first-order chi connectivity index (χ1) is 8.69. The molecule has 0 spiro atoms. The molecule has 0 aliphatic rings. The number of nitrogens with two attached hydrogens (primary N) is 1. The lowest BCUT2D eigenvalue weighted by Crippen LogP contribution is -2.04. The van der Waals surface area contributed by atoms with Gasteiger partial charge in [0, 0.05) is 18.3 Å². The van der Waals surface area contributed by atoms with Gasteiger partial charge in [-0.15, -0.1) is 0 Å². The van der Waals surface area contributed by atoms with E-state index in [1.54, 1.807) is 6.26 Å². The second kappa shape index (κ2) is 5.69. The second-order valence-electron chi connectivity index (χ2n) is 4.47. The third-order valence-corrected chi connectivity index (χ3v) is 2.65. The van der Waals surface area contributed by atoms with Gasteiger partial charge in [-0.2, -0.15) is 0 Å². The zero-order chi connectivity index (χ0) is 13.0. The number of hydrogen-bond acceptors (Lipinski definition) is 4. The Morgan fingerprint density at radius 3 is 2.83 bits per heavy atom. The van der Waals surface area contributed by atoms with Crippen LogP contribution in [0.2, 0.25) is 0 Å². The summed E-state index contributed by atoms with van der Waals surface area (Å²) in [6.07, 6.45) is 1.63. The topological polar surface area (TPSA) is 61.3 Å². The van der Waals surface area contributed by atoms with Gasteiger partial charge in [-0.05, 0) is 29.7 Å². The van der Waals surface area contributed by atoms with Crippen LogP contribution in [0.25, 0.3) is 0 Å². The van der Waals surface area contributed by atoms with Crippen LogP contribution in [0.4, 0.5) is 0 Å². The summed E-state index contributed by atoms with van der Waals surface area (Å²) in [7, 11) is 0. The first kappa shape index (κ1) is 12.6. The Morgan fingerprint density at radius 2 is 2.22 bits per heavy atom. The Hall–Kier alpha value is -1.81. The van der Waals surface area contributed by atoms with E-state index in [2.05, 4.69) is 18.8 Å². The van der Waals surface area contributed by atoms with E-state index in [1.807, 2.05) is 24.3 Å². The Bertz CT molecular complexity index is 493. The maximum Gasteiger partial charge on any atom is 0.214 e. The average molecular weight is 246 g/mol. The van der Waals surface area contributed by atoms with Crippen LogP contribution in [0.15, 0.2) is 34.9 Å². The van der Waals surface area contributed by atoms with Gasteiger partial charge < -0.3 is 14.9 Å². The fourth-order valence-electron chi connectivity index (χ4n) is 1.61. The zero-order valence-electron chi connectivity index (χ0n) is 10.7. The lowest BCUT2D eigenvalue weighted by Gasteiger charge is -2.10. The average Bonchev–Trinajstić information content (AvgIpc) is 2.89. The molecule has 0 fully saturated rings. The molecule has 2 rings (SSSR count). The Kier molecular flexibility index (Phi) is 3.99. The molecule has 0 unspecified atom stereocenters. The third kappa shape index (κ3) is 3.11. The highest BCUT2D eigenvalue weighted by Crippen LogP contribution is 2.19. The molecule has 2 aromatic rings. The molecular formula is C14H18N2O2. The molecular weight excluding hydrogens is 228 g/mol. The predicted octanol–water partition coefficient (Wildman–Crippen LogP) is 2.84. The number of ether oxygens (including phenoxy) is 1. The summed E-state index contributed by atoms with van der Waals surface area (Å²) in [6.45, 7) is 5.06. The molecule has 2 aromatic heterocycles. The normalized spacial score (nSPS) is 10.9. The summed E-state index contributed by atoms with van der Waals surface area (Å²) in [6, 6.07) is 7.59. The SMILES string of the molecule is CC(C)c1cc(CN)cc(OCc2ccco2)n1. The first-order valence-electron chi connectivity index (χ1n) is 6.05. The van der Waals surface area contributed by atoms with Crippen molar-refractivity contribution in [3.8, 4) is 5.88 Å². The summed E-state index contributed by atoms with van der Waals surface area (Å²) >= 11 is 0. The van der Waals surface area contributed by atoms with Crippen molar-refractivity contribution in [3.05, 3.63) is 47.5 Å². The third-order valence-electron chi connectivity index (χ3n) is 2.65. The summed E-state index contributed by atoms with van der Waals surface area (Å²) in [4.78, 5) is 4.46. The van der Waals surface area contributed by atoms with Crippen LogP contribution < -0.4 is 10.5 Å². The van der Waals surface area contributed by atoms with E-state index >= 15 is 0 Å². The van der Waals surface area contributed by atoms with Crippen molar-refractivity contribution < 1.29 is 9.15 Å². The largest absolute Gasteiger partial charge is 0.469 e. The summed E-state index contributed by atoms with van der Waals surface area (Å²) in [5, 5.41) is 0. The van der Waals surface area contributed by atoms with Crippen LogP contribution >= 0.6 is 0 Å². The Balaban J connectivity index is 2.13. The summed E-state index contributed by atoms with van der Waals surface area (Å²) < 4.78 is 10.8.